The summed E-state index contributed by atoms with van der Waals surface area (Å²) in [6, 6.07) is 14.5. The molecule has 1 fully saturated rings. The number of nitrogens with zero attached hydrogens (tertiary/aromatic N) is 2. The average Bonchev–Trinajstić information content (AvgIpc) is 3.41. The lowest BCUT2D eigenvalue weighted by Gasteiger charge is -2.33. The van der Waals surface area contributed by atoms with Crippen LogP contribution in [0.15, 0.2) is 48.5 Å². The van der Waals surface area contributed by atoms with Gasteiger partial charge in [-0.1, -0.05) is 56.5 Å². The van der Waals surface area contributed by atoms with Crippen LogP contribution in [0.1, 0.15) is 63.9 Å². The van der Waals surface area contributed by atoms with Crippen LogP contribution >= 0.6 is 0 Å². The van der Waals surface area contributed by atoms with Gasteiger partial charge in [0, 0.05) is 31.6 Å². The van der Waals surface area contributed by atoms with Crippen molar-refractivity contribution < 1.29 is 27.5 Å². The Bertz CT molecular complexity index is 1250. The smallest absolute Gasteiger partial charge is 0.243 e. The summed E-state index contributed by atoms with van der Waals surface area (Å²) >= 11 is 0. The number of rotatable bonds is 13. The maximum atomic E-state index is 13.6. The fourth-order valence-corrected chi connectivity index (χ4v) is 6.44. The van der Waals surface area contributed by atoms with Crippen LogP contribution in [0.4, 0.5) is 5.69 Å². The van der Waals surface area contributed by atoms with Crippen molar-refractivity contribution in [1.82, 2.24) is 10.2 Å². The molecule has 4 rings (SSSR count). The average molecular weight is 572 g/mol. The molecule has 2 aromatic carbocycles. The Labute approximate surface area is 237 Å². The summed E-state index contributed by atoms with van der Waals surface area (Å²) in [6.07, 6.45) is 8.08. The Morgan fingerprint density at radius 1 is 1.00 bits per heavy atom. The van der Waals surface area contributed by atoms with Crippen LogP contribution < -0.4 is 19.1 Å². The van der Waals surface area contributed by atoms with Crippen LogP contribution in [0.5, 0.6) is 11.5 Å². The normalized spacial score (nSPS) is 15.8. The maximum Gasteiger partial charge on any atom is 0.243 e. The molecule has 2 amide bonds. The van der Waals surface area contributed by atoms with Gasteiger partial charge in [-0.05, 0) is 49.8 Å². The number of amides is 2. The molecule has 1 aliphatic heterocycles. The lowest BCUT2D eigenvalue weighted by molar-refractivity contribution is -0.141. The molecule has 0 radical (unpaired) electrons. The van der Waals surface area contributed by atoms with Crippen molar-refractivity contribution in [1.29, 1.82) is 0 Å². The minimum absolute atomic E-state index is 0.0951. The molecule has 218 valence electrons. The van der Waals surface area contributed by atoms with E-state index >= 15 is 0 Å². The quantitative estimate of drug-likeness (QED) is 0.385. The first-order valence-corrected chi connectivity index (χ1v) is 16.1. The maximum absolute atomic E-state index is 13.6. The second-order valence-corrected chi connectivity index (χ2v) is 12.5. The van der Waals surface area contributed by atoms with E-state index in [9.17, 15) is 18.0 Å². The Hall–Kier alpha value is -3.27. The molecule has 1 aliphatic carbocycles. The van der Waals surface area contributed by atoms with Gasteiger partial charge in [0.25, 0.3) is 0 Å². The SMILES string of the molecule is CC[C@@H](C(=O)NC1CCCCC1)N(CCc1ccccc1)C(=O)CCCN(c1ccc2c(c1)OCO2)S(C)(=O)=O. The monoisotopic (exact) mass is 571 g/mol. The fraction of sp³-hybridized carbons (Fsp3) is 0.533. The number of sulfonamides is 1. The van der Waals surface area contributed by atoms with Gasteiger partial charge in [0.15, 0.2) is 11.5 Å². The minimum atomic E-state index is -3.60. The summed E-state index contributed by atoms with van der Waals surface area (Å²) in [5, 5.41) is 3.20. The van der Waals surface area contributed by atoms with E-state index in [-0.39, 0.29) is 37.6 Å². The molecule has 10 heteroatoms. The van der Waals surface area contributed by atoms with Crippen molar-refractivity contribution in [2.45, 2.75) is 76.8 Å². The van der Waals surface area contributed by atoms with Crippen molar-refractivity contribution in [3.63, 3.8) is 0 Å². The molecule has 1 saturated carbocycles. The third-order valence-electron chi connectivity index (χ3n) is 7.62. The summed E-state index contributed by atoms with van der Waals surface area (Å²) < 4.78 is 37.3. The summed E-state index contributed by atoms with van der Waals surface area (Å²) in [7, 11) is -3.60. The summed E-state index contributed by atoms with van der Waals surface area (Å²) in [4.78, 5) is 28.7. The van der Waals surface area contributed by atoms with Crippen molar-refractivity contribution in [2.75, 3.05) is 30.4 Å². The zero-order valence-electron chi connectivity index (χ0n) is 23.5. The molecule has 40 heavy (non-hydrogen) atoms. The van der Waals surface area contributed by atoms with Gasteiger partial charge in [-0.15, -0.1) is 0 Å². The van der Waals surface area contributed by atoms with Gasteiger partial charge < -0.3 is 19.7 Å². The highest BCUT2D eigenvalue weighted by molar-refractivity contribution is 7.92. The topological polar surface area (TPSA) is 105 Å². The third kappa shape index (κ3) is 7.90. The molecule has 1 heterocycles. The molecule has 0 saturated heterocycles. The number of benzene rings is 2. The van der Waals surface area contributed by atoms with Crippen LogP contribution in [-0.4, -0.2) is 63.4 Å². The van der Waals surface area contributed by atoms with Gasteiger partial charge in [-0.2, -0.15) is 0 Å². The Kier molecular flexibility index (Phi) is 10.3. The van der Waals surface area contributed by atoms with Gasteiger partial charge in [-0.25, -0.2) is 8.42 Å². The van der Waals surface area contributed by atoms with Gasteiger partial charge in [0.05, 0.1) is 11.9 Å². The van der Waals surface area contributed by atoms with E-state index < -0.39 is 16.1 Å². The molecule has 9 nitrogen and oxygen atoms in total. The lowest BCUT2D eigenvalue weighted by Crippen LogP contribution is -2.52. The predicted octanol–water partition coefficient (Wildman–Crippen LogP) is 4.26. The van der Waals surface area contributed by atoms with E-state index in [0.717, 1.165) is 37.5 Å². The molecule has 0 unspecified atom stereocenters. The number of ether oxygens (including phenoxy) is 2. The second-order valence-electron chi connectivity index (χ2n) is 10.6. The number of fused-ring (bicyclic) bond motifs is 1. The van der Waals surface area contributed by atoms with Gasteiger partial charge in [-0.3, -0.25) is 13.9 Å². The number of carbonyl (C=O) groups is 2. The summed E-state index contributed by atoms with van der Waals surface area (Å²) in [6.45, 7) is 2.57. The molecule has 0 bridgehead atoms. The van der Waals surface area contributed by atoms with E-state index in [4.69, 9.17) is 9.47 Å². The van der Waals surface area contributed by atoms with E-state index in [0.29, 0.717) is 43.0 Å². The van der Waals surface area contributed by atoms with Gasteiger partial charge >= 0.3 is 0 Å². The highest BCUT2D eigenvalue weighted by Gasteiger charge is 2.30. The molecule has 0 aromatic heterocycles. The lowest BCUT2D eigenvalue weighted by atomic mass is 9.95. The first-order chi connectivity index (χ1) is 19.3. The van der Waals surface area contributed by atoms with E-state index in [1.54, 1.807) is 23.1 Å². The van der Waals surface area contributed by atoms with Crippen LogP contribution in [0.2, 0.25) is 0 Å². The molecular formula is C30H41N3O6S. The number of nitrogens with one attached hydrogen (secondary N) is 1. The van der Waals surface area contributed by atoms with Crippen LogP contribution in [0.25, 0.3) is 0 Å². The van der Waals surface area contributed by atoms with Crippen LogP contribution in [-0.2, 0) is 26.0 Å². The number of carbonyl (C=O) groups excluding carboxylic acids is 2. The van der Waals surface area contributed by atoms with Crippen molar-refractivity contribution in [2.24, 2.45) is 0 Å². The molecular weight excluding hydrogens is 530 g/mol. The number of hydrogen-bond acceptors (Lipinski definition) is 6. The van der Waals surface area contributed by atoms with E-state index in [2.05, 4.69) is 5.32 Å². The van der Waals surface area contributed by atoms with Crippen LogP contribution in [0.3, 0.4) is 0 Å². The molecule has 1 atom stereocenters. The minimum Gasteiger partial charge on any atom is -0.454 e. The Balaban J connectivity index is 1.44. The highest BCUT2D eigenvalue weighted by atomic mass is 32.2. The summed E-state index contributed by atoms with van der Waals surface area (Å²) in [5.74, 6) is 0.803. The van der Waals surface area contributed by atoms with Gasteiger partial charge in [0.1, 0.15) is 6.04 Å². The third-order valence-corrected chi connectivity index (χ3v) is 8.81. The predicted molar refractivity (Wildman–Crippen MR) is 155 cm³/mol. The van der Waals surface area contributed by atoms with Crippen molar-refractivity contribution in [3.8, 4) is 11.5 Å². The zero-order valence-corrected chi connectivity index (χ0v) is 24.3. The second kappa shape index (κ2) is 13.9. The van der Waals surface area contributed by atoms with Crippen molar-refractivity contribution in [3.05, 3.63) is 54.1 Å². The standard InChI is InChI=1S/C30H41N3O6S/c1-3-26(30(35)31-24-13-8-5-9-14-24)32(20-18-23-11-6-4-7-12-23)29(34)15-10-19-33(40(2,36)37)25-16-17-27-28(21-25)39-22-38-27/h4,6-7,11-12,16-17,21,24,26H,3,5,8-10,13-15,18-20,22H2,1-2H3,(H,31,35)/t26-/m0/s1. The Morgan fingerprint density at radius 2 is 1.73 bits per heavy atom. The largest absolute Gasteiger partial charge is 0.454 e. The first-order valence-electron chi connectivity index (χ1n) is 14.3. The number of hydrogen-bond donors (Lipinski definition) is 1. The molecule has 0 spiro atoms. The molecule has 2 aromatic rings. The van der Waals surface area contributed by atoms with E-state index in [1.165, 1.54) is 10.7 Å². The van der Waals surface area contributed by atoms with Crippen LogP contribution in [0, 0.1) is 0 Å². The van der Waals surface area contributed by atoms with Gasteiger partial charge in [0.2, 0.25) is 28.6 Å². The fourth-order valence-electron chi connectivity index (χ4n) is 5.48. The molecule has 2 aliphatic rings. The Morgan fingerprint density at radius 3 is 2.42 bits per heavy atom. The van der Waals surface area contributed by atoms with E-state index in [1.807, 2.05) is 37.3 Å². The zero-order chi connectivity index (χ0) is 28.5. The highest BCUT2D eigenvalue weighted by Crippen LogP contribution is 2.36. The number of anilines is 1. The first kappa shape index (κ1) is 29.7. The summed E-state index contributed by atoms with van der Waals surface area (Å²) in [5.41, 5.74) is 1.55. The van der Waals surface area contributed by atoms with Crippen molar-refractivity contribution >= 4 is 27.5 Å². The molecule has 1 N–H and O–H groups in total.